The Morgan fingerprint density at radius 2 is 1.29 bits per heavy atom. The fourth-order valence-corrected chi connectivity index (χ4v) is 6.76. The lowest BCUT2D eigenvalue weighted by Crippen LogP contribution is -2.60. The lowest BCUT2D eigenvalue weighted by molar-refractivity contribution is -0.184. The summed E-state index contributed by atoms with van der Waals surface area (Å²) >= 11 is 0. The molecular weight excluding hydrogens is 625 g/mol. The number of epoxide rings is 1. The molecule has 5 atom stereocenters. The number of aldehydes is 1. The van der Waals surface area contributed by atoms with Crippen LogP contribution in [-0.4, -0.2) is 64.6 Å². The lowest BCUT2D eigenvalue weighted by atomic mass is 9.75. The molecule has 0 aliphatic carbocycles. The van der Waals surface area contributed by atoms with E-state index in [0.717, 1.165) is 28.7 Å². The number of carbonyl (C=O) groups is 2. The van der Waals surface area contributed by atoms with E-state index >= 15 is 0 Å². The summed E-state index contributed by atoms with van der Waals surface area (Å²) in [6, 6.07) is 27.0. The fraction of sp³-hybridized carbons (Fsp3) is 0.487. The van der Waals surface area contributed by atoms with Crippen molar-refractivity contribution in [2.75, 3.05) is 13.7 Å². The second-order valence-corrected chi connectivity index (χ2v) is 19.3. The van der Waals surface area contributed by atoms with Crippen LogP contribution in [0.15, 0.2) is 84.9 Å². The van der Waals surface area contributed by atoms with E-state index in [4.69, 9.17) is 28.1 Å². The van der Waals surface area contributed by atoms with Crippen molar-refractivity contribution >= 4 is 20.4 Å². The molecule has 4 rings (SSSR count). The van der Waals surface area contributed by atoms with Crippen molar-refractivity contribution in [3.05, 3.63) is 102 Å². The van der Waals surface area contributed by atoms with Gasteiger partial charge in [-0.3, -0.25) is 4.79 Å². The van der Waals surface area contributed by atoms with E-state index in [2.05, 4.69) is 33.9 Å². The number of ether oxygens (including phenoxy) is 5. The zero-order valence-electron chi connectivity index (χ0n) is 29.6. The first-order valence-electron chi connectivity index (χ1n) is 16.6. The van der Waals surface area contributed by atoms with E-state index < -0.39 is 44.3 Å². The second-order valence-electron chi connectivity index (χ2n) is 14.5. The summed E-state index contributed by atoms with van der Waals surface area (Å²) in [5.41, 5.74) is 1.77. The molecule has 1 saturated heterocycles. The number of benzene rings is 3. The standard InChI is InChI=1S/C39H52O8Si/c1-38(2,3)48(7,8)47-37(35(34(41)33-27-44-33)45-25-29-17-13-10-14-18-29)39(4,5)36(46-26-30-19-21-31(42-6)22-20-30)32(23-40)43-24-28-15-11-9-12-16-28/h9-23,32-33,35-37H,24-27H2,1-8H3. The maximum absolute atomic E-state index is 14.1. The molecule has 5 unspecified atom stereocenters. The first kappa shape index (κ1) is 37.6. The van der Waals surface area contributed by atoms with Crippen molar-refractivity contribution in [2.24, 2.45) is 5.41 Å². The van der Waals surface area contributed by atoms with Crippen molar-refractivity contribution in [3.8, 4) is 5.75 Å². The van der Waals surface area contributed by atoms with Crippen LogP contribution in [0.5, 0.6) is 5.75 Å². The number of hydrogen-bond donors (Lipinski definition) is 0. The summed E-state index contributed by atoms with van der Waals surface area (Å²) in [7, 11) is -0.919. The van der Waals surface area contributed by atoms with Gasteiger partial charge < -0.3 is 32.9 Å². The lowest BCUT2D eigenvalue weighted by Gasteiger charge is -2.49. The van der Waals surface area contributed by atoms with Gasteiger partial charge in [-0.05, 0) is 47.0 Å². The first-order valence-corrected chi connectivity index (χ1v) is 19.5. The van der Waals surface area contributed by atoms with Crippen molar-refractivity contribution in [2.45, 2.75) is 103 Å². The van der Waals surface area contributed by atoms with Gasteiger partial charge in [0.15, 0.2) is 20.4 Å². The molecule has 0 N–H and O–H groups in total. The molecule has 8 nitrogen and oxygen atoms in total. The number of methoxy groups -OCH3 is 1. The smallest absolute Gasteiger partial charge is 0.195 e. The third-order valence-electron chi connectivity index (χ3n) is 9.48. The normalized spacial score (nSPS) is 17.6. The van der Waals surface area contributed by atoms with Gasteiger partial charge in [0.25, 0.3) is 0 Å². The maximum atomic E-state index is 14.1. The monoisotopic (exact) mass is 676 g/mol. The number of hydrogen-bond acceptors (Lipinski definition) is 8. The molecule has 0 spiro atoms. The molecule has 1 aliphatic rings. The third kappa shape index (κ3) is 9.93. The van der Waals surface area contributed by atoms with Crippen LogP contribution >= 0.6 is 0 Å². The molecule has 0 saturated carbocycles. The Hall–Kier alpha value is -3.18. The Balaban J connectivity index is 1.76. The van der Waals surface area contributed by atoms with Gasteiger partial charge >= 0.3 is 0 Å². The highest BCUT2D eigenvalue weighted by atomic mass is 28.4. The average Bonchev–Trinajstić information content (AvgIpc) is 3.92. The zero-order chi connectivity index (χ0) is 35.0. The predicted octanol–water partition coefficient (Wildman–Crippen LogP) is 7.33. The molecule has 48 heavy (non-hydrogen) atoms. The Bertz CT molecular complexity index is 1430. The van der Waals surface area contributed by atoms with Gasteiger partial charge in [-0.1, -0.05) is 107 Å². The molecular formula is C39H52O8Si. The van der Waals surface area contributed by atoms with Crippen molar-refractivity contribution < 1.29 is 37.7 Å². The summed E-state index contributed by atoms with van der Waals surface area (Å²) in [5.74, 6) is 0.555. The molecule has 3 aromatic rings. The fourth-order valence-electron chi connectivity index (χ4n) is 5.34. The van der Waals surface area contributed by atoms with E-state index in [-0.39, 0.29) is 30.6 Å². The van der Waals surface area contributed by atoms with E-state index in [1.165, 1.54) is 0 Å². The van der Waals surface area contributed by atoms with Gasteiger partial charge in [0.05, 0.1) is 45.7 Å². The van der Waals surface area contributed by atoms with Crippen LogP contribution < -0.4 is 4.74 Å². The van der Waals surface area contributed by atoms with Gasteiger partial charge in [0, 0.05) is 5.41 Å². The van der Waals surface area contributed by atoms with Crippen LogP contribution in [0.2, 0.25) is 18.1 Å². The van der Waals surface area contributed by atoms with Gasteiger partial charge in [-0.15, -0.1) is 0 Å². The number of Topliss-reactive ketones (excluding diaryl/α,β-unsaturated/α-hetero) is 1. The number of carbonyl (C=O) groups excluding carboxylic acids is 2. The Kier molecular flexibility index (Phi) is 12.9. The predicted molar refractivity (Wildman–Crippen MR) is 188 cm³/mol. The summed E-state index contributed by atoms with van der Waals surface area (Å²) in [5, 5.41) is -0.183. The van der Waals surface area contributed by atoms with Gasteiger partial charge in [-0.2, -0.15) is 0 Å². The topological polar surface area (TPSA) is 92.8 Å². The van der Waals surface area contributed by atoms with Crippen LogP contribution in [0, 0.1) is 5.41 Å². The molecule has 0 radical (unpaired) electrons. The van der Waals surface area contributed by atoms with Gasteiger partial charge in [-0.25, -0.2) is 0 Å². The number of rotatable bonds is 19. The molecule has 1 fully saturated rings. The highest BCUT2D eigenvalue weighted by molar-refractivity contribution is 6.74. The van der Waals surface area contributed by atoms with Crippen molar-refractivity contribution in [1.82, 2.24) is 0 Å². The molecule has 0 aromatic heterocycles. The summed E-state index contributed by atoms with van der Waals surface area (Å²) < 4.78 is 37.6. The Morgan fingerprint density at radius 3 is 1.77 bits per heavy atom. The molecule has 0 bridgehead atoms. The summed E-state index contributed by atoms with van der Waals surface area (Å²) in [4.78, 5) is 27.0. The van der Waals surface area contributed by atoms with Gasteiger partial charge in [0.1, 0.15) is 24.1 Å². The summed E-state index contributed by atoms with van der Waals surface area (Å²) in [6.45, 7) is 15.7. The Morgan fingerprint density at radius 1 is 0.792 bits per heavy atom. The van der Waals surface area contributed by atoms with Crippen LogP contribution in [0.3, 0.4) is 0 Å². The molecule has 9 heteroatoms. The SMILES string of the molecule is COc1ccc(COC(C(C=O)OCc2ccccc2)C(C)(C)C(O[Si](C)(C)C(C)(C)C)C(OCc2ccccc2)C(=O)C2CO2)cc1. The van der Waals surface area contributed by atoms with Gasteiger partial charge in [0.2, 0.25) is 0 Å². The molecule has 3 aromatic carbocycles. The highest BCUT2D eigenvalue weighted by Crippen LogP contribution is 2.44. The van der Waals surface area contributed by atoms with E-state index in [9.17, 15) is 9.59 Å². The summed E-state index contributed by atoms with van der Waals surface area (Å²) in [6.07, 6.45) is -3.38. The quantitative estimate of drug-likeness (QED) is 0.0741. The van der Waals surface area contributed by atoms with Crippen molar-refractivity contribution in [3.63, 3.8) is 0 Å². The van der Waals surface area contributed by atoms with E-state index in [0.29, 0.717) is 6.61 Å². The molecule has 260 valence electrons. The zero-order valence-corrected chi connectivity index (χ0v) is 30.6. The van der Waals surface area contributed by atoms with Crippen LogP contribution in [-0.2, 0) is 52.8 Å². The Labute approximate surface area is 287 Å². The third-order valence-corrected chi connectivity index (χ3v) is 13.9. The highest BCUT2D eigenvalue weighted by Gasteiger charge is 2.54. The molecule has 0 amide bonds. The first-order chi connectivity index (χ1) is 22.8. The van der Waals surface area contributed by atoms with E-state index in [1.54, 1.807) is 7.11 Å². The second kappa shape index (κ2) is 16.5. The minimum atomic E-state index is -2.54. The molecule has 1 aliphatic heterocycles. The van der Waals surface area contributed by atoms with Crippen LogP contribution in [0.25, 0.3) is 0 Å². The largest absolute Gasteiger partial charge is 0.497 e. The molecule has 1 heterocycles. The number of ketones is 1. The minimum absolute atomic E-state index is 0.176. The van der Waals surface area contributed by atoms with Crippen LogP contribution in [0.4, 0.5) is 0 Å². The maximum Gasteiger partial charge on any atom is 0.195 e. The van der Waals surface area contributed by atoms with E-state index in [1.807, 2.05) is 98.8 Å². The van der Waals surface area contributed by atoms with Crippen molar-refractivity contribution in [1.29, 1.82) is 0 Å². The minimum Gasteiger partial charge on any atom is -0.497 e. The van der Waals surface area contributed by atoms with Crippen LogP contribution in [0.1, 0.15) is 51.3 Å². The average molecular weight is 677 g/mol.